The molecule has 0 amide bonds. The molecule has 0 aliphatic carbocycles. The van der Waals surface area contributed by atoms with Crippen LogP contribution in [0, 0.1) is 0 Å². The fourth-order valence-electron chi connectivity index (χ4n) is 4.45. The van der Waals surface area contributed by atoms with Crippen molar-refractivity contribution in [1.82, 2.24) is 14.5 Å². The second-order valence-electron chi connectivity index (χ2n) is 8.81. The molecule has 0 aliphatic heterocycles. The second kappa shape index (κ2) is 10.0. The Morgan fingerprint density at radius 2 is 1.54 bits per heavy atom. The summed E-state index contributed by atoms with van der Waals surface area (Å²) >= 11 is 0. The number of hydrogen-bond acceptors (Lipinski definition) is 4. The summed E-state index contributed by atoms with van der Waals surface area (Å²) in [5.74, 6) is 1.80. The van der Waals surface area contributed by atoms with Gasteiger partial charge in [-0.15, -0.1) is 0 Å². The molecule has 5 nitrogen and oxygen atoms in total. The Morgan fingerprint density at radius 3 is 2.20 bits per heavy atom. The van der Waals surface area contributed by atoms with E-state index in [1.807, 2.05) is 25.1 Å². The molecule has 5 heteroatoms. The highest BCUT2D eigenvalue weighted by Gasteiger charge is 2.22. The molecule has 35 heavy (non-hydrogen) atoms. The van der Waals surface area contributed by atoms with Crippen molar-refractivity contribution in [3.8, 4) is 22.6 Å². The Hall–Kier alpha value is -4.12. The van der Waals surface area contributed by atoms with E-state index in [1.54, 1.807) is 6.33 Å². The van der Waals surface area contributed by atoms with Crippen molar-refractivity contribution in [3.63, 3.8) is 0 Å². The van der Waals surface area contributed by atoms with E-state index in [2.05, 4.69) is 96.2 Å². The van der Waals surface area contributed by atoms with Crippen LogP contribution >= 0.6 is 0 Å². The van der Waals surface area contributed by atoms with Gasteiger partial charge in [0.05, 0.1) is 12.0 Å². The number of rotatable bonds is 8. The predicted molar refractivity (Wildman–Crippen MR) is 143 cm³/mol. The van der Waals surface area contributed by atoms with Crippen molar-refractivity contribution in [3.05, 3.63) is 103 Å². The number of hydrogen-bond donors (Lipinski definition) is 0. The first-order chi connectivity index (χ1) is 17.2. The Balaban J connectivity index is 1.70. The largest absolute Gasteiger partial charge is 0.494 e. The van der Waals surface area contributed by atoms with E-state index in [1.165, 1.54) is 5.56 Å². The Morgan fingerprint density at radius 1 is 0.857 bits per heavy atom. The number of benzene rings is 3. The molecule has 176 valence electrons. The van der Waals surface area contributed by atoms with Crippen molar-refractivity contribution < 1.29 is 4.74 Å². The number of aromatic nitrogens is 3. The molecule has 0 spiro atoms. The summed E-state index contributed by atoms with van der Waals surface area (Å²) in [6, 6.07) is 29.4. The van der Waals surface area contributed by atoms with Crippen LogP contribution in [0.1, 0.15) is 26.3 Å². The molecule has 2 heterocycles. The van der Waals surface area contributed by atoms with E-state index in [4.69, 9.17) is 14.7 Å². The third-order valence-corrected chi connectivity index (χ3v) is 6.16. The smallest absolute Gasteiger partial charge is 0.150 e. The molecule has 0 bridgehead atoms. The number of ether oxygens (including phenoxy) is 1. The van der Waals surface area contributed by atoms with Crippen LogP contribution < -0.4 is 9.64 Å². The van der Waals surface area contributed by atoms with Gasteiger partial charge in [0.1, 0.15) is 17.9 Å². The zero-order chi connectivity index (χ0) is 24.2. The van der Waals surface area contributed by atoms with Crippen LogP contribution in [0.15, 0.2) is 97.5 Å². The summed E-state index contributed by atoms with van der Waals surface area (Å²) in [6.45, 7) is 7.83. The van der Waals surface area contributed by atoms with Crippen LogP contribution in [-0.2, 0) is 6.54 Å². The number of nitrogens with zero attached hydrogens (tertiary/aromatic N) is 4. The van der Waals surface area contributed by atoms with Gasteiger partial charge in [0.2, 0.25) is 0 Å². The lowest BCUT2D eigenvalue weighted by atomic mass is 10.1. The highest BCUT2D eigenvalue weighted by atomic mass is 16.5. The molecule has 0 aliphatic rings. The molecular weight excluding hydrogens is 432 g/mol. The minimum atomic E-state index is 0.255. The minimum absolute atomic E-state index is 0.255. The normalized spacial score (nSPS) is 11.2. The van der Waals surface area contributed by atoms with E-state index in [9.17, 15) is 0 Å². The Kier molecular flexibility index (Phi) is 6.49. The van der Waals surface area contributed by atoms with Crippen molar-refractivity contribution in [2.45, 2.75) is 33.4 Å². The molecular formula is C30H30N4O. The van der Waals surface area contributed by atoms with Crippen molar-refractivity contribution in [1.29, 1.82) is 0 Å². The molecule has 0 atom stereocenters. The van der Waals surface area contributed by atoms with Gasteiger partial charge in [-0.25, -0.2) is 9.97 Å². The van der Waals surface area contributed by atoms with Crippen molar-refractivity contribution >= 4 is 16.9 Å². The maximum atomic E-state index is 5.65. The molecule has 0 saturated carbocycles. The fraction of sp³-hybridized carbons (Fsp3) is 0.200. The molecule has 3 aromatic carbocycles. The molecule has 0 N–H and O–H groups in total. The van der Waals surface area contributed by atoms with E-state index < -0.39 is 0 Å². The summed E-state index contributed by atoms with van der Waals surface area (Å²) in [7, 11) is 0. The highest BCUT2D eigenvalue weighted by Crippen LogP contribution is 2.38. The topological polar surface area (TPSA) is 43.2 Å². The zero-order valence-electron chi connectivity index (χ0n) is 20.4. The van der Waals surface area contributed by atoms with Gasteiger partial charge in [-0.05, 0) is 56.2 Å². The van der Waals surface area contributed by atoms with E-state index in [-0.39, 0.29) is 6.04 Å². The van der Waals surface area contributed by atoms with Crippen LogP contribution in [0.3, 0.4) is 0 Å². The summed E-state index contributed by atoms with van der Waals surface area (Å²) < 4.78 is 7.80. The summed E-state index contributed by atoms with van der Waals surface area (Å²) in [4.78, 5) is 12.0. The van der Waals surface area contributed by atoms with Crippen LogP contribution in [0.4, 0.5) is 5.82 Å². The number of fused-ring (bicyclic) bond motifs is 1. The SMILES string of the molecule is CCOc1ccc(-n2cc(-c3ccccc3)c3c(N(Cc4ccccc4)C(C)C)ncnc32)cc1. The summed E-state index contributed by atoms with van der Waals surface area (Å²) in [5, 5.41) is 1.05. The third kappa shape index (κ3) is 4.62. The first kappa shape index (κ1) is 22.7. The van der Waals surface area contributed by atoms with Gasteiger partial charge in [0.15, 0.2) is 5.65 Å². The van der Waals surface area contributed by atoms with E-state index >= 15 is 0 Å². The van der Waals surface area contributed by atoms with Crippen molar-refractivity contribution in [2.75, 3.05) is 11.5 Å². The predicted octanol–water partition coefficient (Wildman–Crippen LogP) is 6.90. The second-order valence-corrected chi connectivity index (χ2v) is 8.81. The van der Waals surface area contributed by atoms with Gasteiger partial charge in [0.25, 0.3) is 0 Å². The van der Waals surface area contributed by atoms with Crippen LogP contribution in [0.2, 0.25) is 0 Å². The molecule has 0 saturated heterocycles. The lowest BCUT2D eigenvalue weighted by Gasteiger charge is -2.29. The molecule has 5 rings (SSSR count). The summed E-state index contributed by atoms with van der Waals surface area (Å²) in [6.07, 6.45) is 3.85. The standard InChI is InChI=1S/C30H30N4O/c1-4-35-26-17-15-25(16-18-26)34-20-27(24-13-9-6-10-14-24)28-29(31-21-32-30(28)34)33(22(2)3)19-23-11-7-5-8-12-23/h5-18,20-22H,4,19H2,1-3H3. The third-order valence-electron chi connectivity index (χ3n) is 6.16. The maximum Gasteiger partial charge on any atom is 0.150 e. The number of anilines is 1. The zero-order valence-corrected chi connectivity index (χ0v) is 20.4. The molecule has 0 unspecified atom stereocenters. The van der Waals surface area contributed by atoms with Gasteiger partial charge in [-0.2, -0.15) is 0 Å². The lowest BCUT2D eigenvalue weighted by molar-refractivity contribution is 0.340. The van der Waals surface area contributed by atoms with Gasteiger partial charge in [0, 0.05) is 30.0 Å². The monoisotopic (exact) mass is 462 g/mol. The average molecular weight is 463 g/mol. The Bertz CT molecular complexity index is 1390. The van der Waals surface area contributed by atoms with Gasteiger partial charge >= 0.3 is 0 Å². The molecule has 0 radical (unpaired) electrons. The first-order valence-electron chi connectivity index (χ1n) is 12.1. The van der Waals surface area contributed by atoms with E-state index in [0.29, 0.717) is 6.61 Å². The van der Waals surface area contributed by atoms with Gasteiger partial charge in [-0.1, -0.05) is 60.7 Å². The van der Waals surface area contributed by atoms with Gasteiger partial charge in [-0.3, -0.25) is 0 Å². The van der Waals surface area contributed by atoms with Crippen LogP contribution in [-0.4, -0.2) is 27.2 Å². The van der Waals surface area contributed by atoms with Crippen molar-refractivity contribution in [2.24, 2.45) is 0 Å². The van der Waals surface area contributed by atoms with Gasteiger partial charge < -0.3 is 14.2 Å². The molecule has 5 aromatic rings. The van der Waals surface area contributed by atoms with Crippen LogP contribution in [0.25, 0.3) is 27.8 Å². The minimum Gasteiger partial charge on any atom is -0.494 e. The lowest BCUT2D eigenvalue weighted by Crippen LogP contribution is -2.31. The Labute approximate surface area is 206 Å². The van der Waals surface area contributed by atoms with Crippen LogP contribution in [0.5, 0.6) is 5.75 Å². The molecule has 2 aromatic heterocycles. The molecule has 0 fully saturated rings. The highest BCUT2D eigenvalue weighted by molar-refractivity contribution is 6.02. The quantitative estimate of drug-likeness (QED) is 0.251. The fourth-order valence-corrected chi connectivity index (χ4v) is 4.45. The first-order valence-corrected chi connectivity index (χ1v) is 12.1. The maximum absolute atomic E-state index is 5.65. The van der Waals surface area contributed by atoms with E-state index in [0.717, 1.165) is 46.0 Å². The summed E-state index contributed by atoms with van der Waals surface area (Å²) in [5.41, 5.74) is 5.42. The average Bonchev–Trinajstić information content (AvgIpc) is 3.29.